The molecule has 2 heteroatoms. The second-order valence-corrected chi connectivity index (χ2v) is 5.55. The van der Waals surface area contributed by atoms with Gasteiger partial charge in [-0.1, -0.05) is 48.0 Å². The maximum atomic E-state index is 12.9. The van der Waals surface area contributed by atoms with Crippen LogP contribution in [0.2, 0.25) is 0 Å². The molecule has 0 amide bonds. The molecular weight excluding hydrogens is 272 g/mol. The molecule has 3 rings (SSSR count). The molecule has 22 heavy (non-hydrogen) atoms. The van der Waals surface area contributed by atoms with Gasteiger partial charge in [0.05, 0.1) is 10.9 Å². The van der Waals surface area contributed by atoms with Gasteiger partial charge in [-0.3, -0.25) is 4.79 Å². The van der Waals surface area contributed by atoms with Crippen LogP contribution in [0.1, 0.15) is 19.1 Å². The van der Waals surface area contributed by atoms with Crippen LogP contribution in [0.25, 0.3) is 22.1 Å². The lowest BCUT2D eigenvalue weighted by Crippen LogP contribution is -2.09. The van der Waals surface area contributed by atoms with Crippen molar-refractivity contribution in [2.75, 3.05) is 0 Å². The van der Waals surface area contributed by atoms with E-state index in [0.29, 0.717) is 23.0 Å². The third kappa shape index (κ3) is 2.73. The second-order valence-electron chi connectivity index (χ2n) is 5.55. The normalized spacial score (nSPS) is 10.8. The first-order valence-corrected chi connectivity index (χ1v) is 7.41. The van der Waals surface area contributed by atoms with Crippen molar-refractivity contribution in [2.45, 2.75) is 19.8 Å². The number of fused-ring (bicyclic) bond motifs is 1. The van der Waals surface area contributed by atoms with Gasteiger partial charge in [-0.25, -0.2) is 0 Å². The SMILES string of the molecule is C=C(C)CCc1oc2ccccc2c(=O)c1-c1ccccc1. The Labute approximate surface area is 129 Å². The Bertz CT molecular complexity index is 873. The van der Waals surface area contributed by atoms with Crippen molar-refractivity contribution in [1.29, 1.82) is 0 Å². The molecule has 0 saturated heterocycles. The summed E-state index contributed by atoms with van der Waals surface area (Å²) < 4.78 is 6.04. The molecule has 0 radical (unpaired) electrons. The number of rotatable bonds is 4. The van der Waals surface area contributed by atoms with Crippen LogP contribution in [0.3, 0.4) is 0 Å². The molecule has 0 bridgehead atoms. The summed E-state index contributed by atoms with van der Waals surface area (Å²) in [7, 11) is 0. The molecule has 1 heterocycles. The maximum absolute atomic E-state index is 12.9. The Kier molecular flexibility index (Phi) is 3.92. The van der Waals surface area contributed by atoms with Gasteiger partial charge in [0, 0.05) is 6.42 Å². The Morgan fingerprint density at radius 1 is 1.05 bits per heavy atom. The Morgan fingerprint density at radius 3 is 2.45 bits per heavy atom. The molecule has 2 nitrogen and oxygen atoms in total. The number of allylic oxidation sites excluding steroid dienone is 1. The van der Waals surface area contributed by atoms with Crippen LogP contribution in [0.4, 0.5) is 0 Å². The summed E-state index contributed by atoms with van der Waals surface area (Å²) in [6.45, 7) is 5.93. The Hall–Kier alpha value is -2.61. The standard InChI is InChI=1S/C20H18O2/c1-14(2)12-13-18-19(15-8-4-3-5-9-15)20(21)16-10-6-7-11-17(16)22-18/h3-11H,1,12-13H2,2H3. The van der Waals surface area contributed by atoms with Crippen molar-refractivity contribution in [2.24, 2.45) is 0 Å². The van der Waals surface area contributed by atoms with E-state index in [1.165, 1.54) is 0 Å². The van der Waals surface area contributed by atoms with Gasteiger partial charge in [0.25, 0.3) is 0 Å². The summed E-state index contributed by atoms with van der Waals surface area (Å²) in [5, 5.41) is 0.625. The molecule has 0 atom stereocenters. The number of aryl methyl sites for hydroxylation is 1. The smallest absolute Gasteiger partial charge is 0.200 e. The van der Waals surface area contributed by atoms with E-state index in [0.717, 1.165) is 23.3 Å². The van der Waals surface area contributed by atoms with Crippen molar-refractivity contribution >= 4 is 11.0 Å². The zero-order valence-corrected chi connectivity index (χ0v) is 12.6. The highest BCUT2D eigenvalue weighted by atomic mass is 16.3. The Morgan fingerprint density at radius 2 is 1.73 bits per heavy atom. The zero-order chi connectivity index (χ0) is 15.5. The first-order valence-electron chi connectivity index (χ1n) is 7.41. The molecular formula is C20H18O2. The largest absolute Gasteiger partial charge is 0.460 e. The molecule has 0 spiro atoms. The summed E-state index contributed by atoms with van der Waals surface area (Å²) in [4.78, 5) is 12.9. The number of hydrogen-bond donors (Lipinski definition) is 0. The van der Waals surface area contributed by atoms with Crippen molar-refractivity contribution in [3.05, 3.63) is 82.7 Å². The highest BCUT2D eigenvalue weighted by Crippen LogP contribution is 2.26. The van der Waals surface area contributed by atoms with E-state index in [2.05, 4.69) is 6.58 Å². The third-order valence-corrected chi connectivity index (χ3v) is 3.71. The molecule has 0 unspecified atom stereocenters. The van der Waals surface area contributed by atoms with Crippen molar-refractivity contribution in [3.63, 3.8) is 0 Å². The first kappa shape index (κ1) is 14.3. The van der Waals surface area contributed by atoms with Gasteiger partial charge in [-0.2, -0.15) is 0 Å². The minimum Gasteiger partial charge on any atom is -0.460 e. The molecule has 3 aromatic rings. The van der Waals surface area contributed by atoms with Crippen molar-refractivity contribution in [3.8, 4) is 11.1 Å². The molecule has 2 aromatic carbocycles. The van der Waals surface area contributed by atoms with Gasteiger partial charge in [0.2, 0.25) is 5.43 Å². The van der Waals surface area contributed by atoms with Crippen LogP contribution in [-0.2, 0) is 6.42 Å². The average molecular weight is 290 g/mol. The fourth-order valence-electron chi connectivity index (χ4n) is 2.59. The topological polar surface area (TPSA) is 30.2 Å². The lowest BCUT2D eigenvalue weighted by molar-refractivity contribution is 0.536. The van der Waals surface area contributed by atoms with Gasteiger partial charge >= 0.3 is 0 Å². The molecule has 0 aliphatic carbocycles. The molecule has 0 aliphatic heterocycles. The number of benzene rings is 2. The predicted octanol–water partition coefficient (Wildman–Crippen LogP) is 4.97. The van der Waals surface area contributed by atoms with Crippen LogP contribution >= 0.6 is 0 Å². The van der Waals surface area contributed by atoms with Crippen molar-refractivity contribution in [1.82, 2.24) is 0 Å². The monoisotopic (exact) mass is 290 g/mol. The summed E-state index contributed by atoms with van der Waals surface area (Å²) in [5.74, 6) is 0.734. The zero-order valence-electron chi connectivity index (χ0n) is 12.6. The van der Waals surface area contributed by atoms with E-state index in [1.807, 2.05) is 61.5 Å². The highest BCUT2D eigenvalue weighted by Gasteiger charge is 2.15. The van der Waals surface area contributed by atoms with Crippen LogP contribution in [0.15, 0.2) is 76.0 Å². The minimum atomic E-state index is 0.0322. The van der Waals surface area contributed by atoms with E-state index in [1.54, 1.807) is 0 Å². The summed E-state index contributed by atoms with van der Waals surface area (Å²) >= 11 is 0. The van der Waals surface area contributed by atoms with Crippen LogP contribution in [0.5, 0.6) is 0 Å². The number of para-hydroxylation sites is 1. The lowest BCUT2D eigenvalue weighted by Gasteiger charge is -2.10. The fourth-order valence-corrected chi connectivity index (χ4v) is 2.59. The number of hydrogen-bond acceptors (Lipinski definition) is 2. The maximum Gasteiger partial charge on any atom is 0.200 e. The van der Waals surface area contributed by atoms with Crippen molar-refractivity contribution < 1.29 is 4.42 Å². The molecule has 0 saturated carbocycles. The van der Waals surface area contributed by atoms with Gasteiger partial charge in [0.15, 0.2) is 0 Å². The van der Waals surface area contributed by atoms with Gasteiger partial charge < -0.3 is 4.42 Å². The lowest BCUT2D eigenvalue weighted by atomic mass is 9.99. The highest BCUT2D eigenvalue weighted by molar-refractivity contribution is 5.82. The third-order valence-electron chi connectivity index (χ3n) is 3.71. The van der Waals surface area contributed by atoms with Gasteiger partial charge in [-0.05, 0) is 31.0 Å². The second kappa shape index (κ2) is 6.02. The minimum absolute atomic E-state index is 0.0322. The van der Waals surface area contributed by atoms with Crippen LogP contribution in [0, 0.1) is 0 Å². The van der Waals surface area contributed by atoms with Crippen LogP contribution in [-0.4, -0.2) is 0 Å². The molecule has 110 valence electrons. The van der Waals surface area contributed by atoms with Gasteiger partial charge in [0.1, 0.15) is 11.3 Å². The van der Waals surface area contributed by atoms with E-state index in [4.69, 9.17) is 4.42 Å². The Balaban J connectivity index is 2.26. The molecule has 0 aliphatic rings. The van der Waals surface area contributed by atoms with Gasteiger partial charge in [-0.15, -0.1) is 6.58 Å². The van der Waals surface area contributed by atoms with E-state index in [-0.39, 0.29) is 5.43 Å². The van der Waals surface area contributed by atoms with E-state index in [9.17, 15) is 4.79 Å². The molecule has 0 fully saturated rings. The average Bonchev–Trinajstić information content (AvgIpc) is 2.54. The van der Waals surface area contributed by atoms with E-state index >= 15 is 0 Å². The molecule has 1 aromatic heterocycles. The summed E-state index contributed by atoms with van der Waals surface area (Å²) in [6.07, 6.45) is 1.49. The predicted molar refractivity (Wildman–Crippen MR) is 91.1 cm³/mol. The molecule has 0 N–H and O–H groups in total. The summed E-state index contributed by atoms with van der Waals surface area (Å²) in [6, 6.07) is 17.1. The quantitative estimate of drug-likeness (QED) is 0.635. The fraction of sp³-hybridized carbons (Fsp3) is 0.150. The first-order chi connectivity index (χ1) is 10.7. The van der Waals surface area contributed by atoms with Crippen LogP contribution < -0.4 is 5.43 Å². The summed E-state index contributed by atoms with van der Waals surface area (Å²) in [5.41, 5.74) is 3.32. The van der Waals surface area contributed by atoms with E-state index < -0.39 is 0 Å².